The molecule has 0 amide bonds. The molecule has 0 bridgehead atoms. The molecule has 1 aliphatic rings. The van der Waals surface area contributed by atoms with Gasteiger partial charge in [0.1, 0.15) is 18.5 Å². The van der Waals surface area contributed by atoms with Crippen molar-refractivity contribution in [1.29, 1.82) is 0 Å². The number of hydrogen-bond donors (Lipinski definition) is 0. The summed E-state index contributed by atoms with van der Waals surface area (Å²) in [5.74, 6) is -2.39. The van der Waals surface area contributed by atoms with Crippen LogP contribution in [0.25, 0.3) is 10.9 Å². The van der Waals surface area contributed by atoms with E-state index < -0.39 is 54.6 Å². The van der Waals surface area contributed by atoms with E-state index in [1.54, 1.807) is 24.3 Å². The third-order valence-electron chi connectivity index (χ3n) is 4.80. The third kappa shape index (κ3) is 6.19. The smallest absolute Gasteiger partial charge is 0.303 e. The largest absolute Gasteiger partial charge is 0.463 e. The van der Waals surface area contributed by atoms with Crippen molar-refractivity contribution in [3.05, 3.63) is 36.5 Å². The molecule has 1 aliphatic heterocycles. The topological polar surface area (TPSA) is 137 Å². The highest BCUT2D eigenvalue weighted by Gasteiger charge is 2.53. The lowest BCUT2D eigenvalue weighted by atomic mass is 9.98. The molecule has 1 aromatic carbocycles. The number of pyridine rings is 1. The van der Waals surface area contributed by atoms with Gasteiger partial charge in [-0.2, -0.15) is 0 Å². The van der Waals surface area contributed by atoms with Crippen molar-refractivity contribution in [2.24, 2.45) is 0 Å². The van der Waals surface area contributed by atoms with Gasteiger partial charge in [-0.3, -0.25) is 24.2 Å². The highest BCUT2D eigenvalue weighted by molar-refractivity contribution is 5.84. The molecule has 1 fully saturated rings. The van der Waals surface area contributed by atoms with E-state index in [0.29, 0.717) is 16.7 Å². The number of para-hydroxylation sites is 1. The molecule has 11 nitrogen and oxygen atoms in total. The number of carbonyl (C=O) groups is 4. The van der Waals surface area contributed by atoms with Crippen LogP contribution in [0.3, 0.4) is 0 Å². The minimum absolute atomic E-state index is 0.339. The van der Waals surface area contributed by atoms with Gasteiger partial charge in [0.25, 0.3) is 0 Å². The maximum absolute atomic E-state index is 11.9. The van der Waals surface area contributed by atoms with Crippen molar-refractivity contribution in [2.45, 2.75) is 58.4 Å². The molecule has 0 N–H and O–H groups in total. The average molecular weight is 475 g/mol. The molecule has 182 valence electrons. The summed E-state index contributed by atoms with van der Waals surface area (Å²) in [6.45, 7) is 4.33. The second kappa shape index (κ2) is 10.9. The average Bonchev–Trinajstić information content (AvgIpc) is 2.75. The molecule has 11 heteroatoms. The minimum Gasteiger partial charge on any atom is -0.463 e. The lowest BCUT2D eigenvalue weighted by molar-refractivity contribution is -0.288. The number of hydrogen-bond acceptors (Lipinski definition) is 11. The van der Waals surface area contributed by atoms with Crippen molar-refractivity contribution < 1.29 is 47.6 Å². The Morgan fingerprint density at radius 2 is 1.44 bits per heavy atom. The molecule has 0 radical (unpaired) electrons. The number of rotatable bonds is 7. The molecule has 0 unspecified atom stereocenters. The number of ether oxygens (including phenoxy) is 6. The van der Waals surface area contributed by atoms with Crippen LogP contribution in [0.4, 0.5) is 0 Å². The Hall–Kier alpha value is -3.73. The second-order valence-electron chi connectivity index (χ2n) is 7.51. The Balaban J connectivity index is 2.03. The van der Waals surface area contributed by atoms with Gasteiger partial charge >= 0.3 is 23.9 Å². The molecule has 34 heavy (non-hydrogen) atoms. The van der Waals surface area contributed by atoms with E-state index in [1.165, 1.54) is 13.1 Å². The van der Waals surface area contributed by atoms with Gasteiger partial charge in [-0.1, -0.05) is 12.1 Å². The first kappa shape index (κ1) is 24.9. The summed E-state index contributed by atoms with van der Waals surface area (Å²) in [4.78, 5) is 51.3. The second-order valence-corrected chi connectivity index (χ2v) is 7.51. The van der Waals surface area contributed by atoms with Crippen LogP contribution in [0.15, 0.2) is 36.5 Å². The molecule has 0 aliphatic carbocycles. The number of benzene rings is 1. The van der Waals surface area contributed by atoms with Crippen LogP contribution in [0, 0.1) is 0 Å². The SMILES string of the molecule is CC(=O)OC[C@H]1O[C@H](Oc2ccnc3ccccc23)[C@H](OC(C)=O)[C@@H](OC(C)=O)[C@@H]1OC(C)=O. The van der Waals surface area contributed by atoms with Crippen LogP contribution >= 0.6 is 0 Å². The van der Waals surface area contributed by atoms with Gasteiger partial charge in [0.2, 0.25) is 12.4 Å². The number of carbonyl (C=O) groups excluding carboxylic acids is 4. The molecule has 1 aromatic heterocycles. The molecule has 5 atom stereocenters. The molecule has 1 saturated heterocycles. The number of aromatic nitrogens is 1. The number of esters is 4. The van der Waals surface area contributed by atoms with Gasteiger partial charge in [-0.25, -0.2) is 0 Å². The lowest BCUT2D eigenvalue weighted by Gasteiger charge is -2.44. The fourth-order valence-corrected chi connectivity index (χ4v) is 3.58. The van der Waals surface area contributed by atoms with E-state index >= 15 is 0 Å². The first-order chi connectivity index (χ1) is 16.2. The molecule has 3 rings (SSSR count). The molecule has 0 saturated carbocycles. The van der Waals surface area contributed by atoms with Gasteiger partial charge < -0.3 is 28.4 Å². The summed E-state index contributed by atoms with van der Waals surface area (Å²) in [6.07, 6.45) is -4.75. The number of fused-ring (bicyclic) bond motifs is 1. The highest BCUT2D eigenvalue weighted by atomic mass is 16.7. The van der Waals surface area contributed by atoms with Gasteiger partial charge in [-0.15, -0.1) is 0 Å². The van der Waals surface area contributed by atoms with E-state index in [0.717, 1.165) is 20.8 Å². The Morgan fingerprint density at radius 3 is 2.09 bits per heavy atom. The summed E-state index contributed by atoms with van der Waals surface area (Å²) >= 11 is 0. The summed E-state index contributed by atoms with van der Waals surface area (Å²) in [5, 5.41) is 0.651. The van der Waals surface area contributed by atoms with Crippen LogP contribution in [-0.2, 0) is 42.9 Å². The van der Waals surface area contributed by atoms with Crippen molar-refractivity contribution >= 4 is 34.8 Å². The predicted molar refractivity (Wildman–Crippen MR) is 114 cm³/mol. The highest BCUT2D eigenvalue weighted by Crippen LogP contribution is 2.33. The standard InChI is InChI=1S/C23H25NO10/c1-12(25)29-11-19-20(30-13(2)26)21(31-14(3)27)22(32-15(4)28)23(34-19)33-18-9-10-24-17-8-6-5-7-16(17)18/h5-10,19-23H,11H2,1-4H3/t19-,20-,21+,22-,23+/m1/s1. The van der Waals surface area contributed by atoms with Crippen LogP contribution in [-0.4, -0.2) is 66.2 Å². The zero-order chi connectivity index (χ0) is 24.8. The van der Waals surface area contributed by atoms with Gasteiger partial charge in [0, 0.05) is 39.3 Å². The molecule has 2 heterocycles. The van der Waals surface area contributed by atoms with E-state index in [4.69, 9.17) is 28.4 Å². The van der Waals surface area contributed by atoms with Crippen LogP contribution in [0.2, 0.25) is 0 Å². The fourth-order valence-electron chi connectivity index (χ4n) is 3.58. The monoisotopic (exact) mass is 475 g/mol. The van der Waals surface area contributed by atoms with Gasteiger partial charge in [-0.05, 0) is 18.2 Å². The zero-order valence-corrected chi connectivity index (χ0v) is 19.1. The first-order valence-electron chi connectivity index (χ1n) is 10.5. The Labute approximate surface area is 195 Å². The summed E-state index contributed by atoms with van der Waals surface area (Å²) in [5.41, 5.74) is 0.644. The molecular weight excluding hydrogens is 450 g/mol. The summed E-state index contributed by atoms with van der Waals surface area (Å²) in [6, 6.07) is 8.77. The quantitative estimate of drug-likeness (QED) is 0.427. The van der Waals surface area contributed by atoms with Crippen LogP contribution in [0.5, 0.6) is 5.75 Å². The van der Waals surface area contributed by atoms with Gasteiger partial charge in [0.15, 0.2) is 12.2 Å². The minimum atomic E-state index is -1.31. The van der Waals surface area contributed by atoms with Gasteiger partial charge in [0.05, 0.1) is 5.52 Å². The maximum atomic E-state index is 11.9. The van der Waals surface area contributed by atoms with Crippen LogP contribution in [0.1, 0.15) is 27.7 Å². The van der Waals surface area contributed by atoms with E-state index in [9.17, 15) is 19.2 Å². The Bertz CT molecular complexity index is 1070. The fraction of sp³-hybridized carbons (Fsp3) is 0.435. The molecular formula is C23H25NO10. The zero-order valence-electron chi connectivity index (χ0n) is 19.1. The lowest BCUT2D eigenvalue weighted by Crippen LogP contribution is -2.63. The van der Waals surface area contributed by atoms with E-state index in [-0.39, 0.29) is 6.61 Å². The normalized spacial score (nSPS) is 24.1. The van der Waals surface area contributed by atoms with E-state index in [2.05, 4.69) is 4.98 Å². The van der Waals surface area contributed by atoms with Crippen molar-refractivity contribution in [3.63, 3.8) is 0 Å². The third-order valence-corrected chi connectivity index (χ3v) is 4.80. The summed E-state index contributed by atoms with van der Waals surface area (Å²) < 4.78 is 33.3. The summed E-state index contributed by atoms with van der Waals surface area (Å²) in [7, 11) is 0. The Kier molecular flexibility index (Phi) is 8.00. The maximum Gasteiger partial charge on any atom is 0.303 e. The molecule has 0 spiro atoms. The number of nitrogens with zero attached hydrogens (tertiary/aromatic N) is 1. The molecule has 2 aromatic rings. The van der Waals surface area contributed by atoms with Crippen LogP contribution < -0.4 is 4.74 Å². The Morgan fingerprint density at radius 1 is 0.824 bits per heavy atom. The van der Waals surface area contributed by atoms with E-state index in [1.807, 2.05) is 6.07 Å². The first-order valence-corrected chi connectivity index (χ1v) is 10.5. The van der Waals surface area contributed by atoms with Crippen molar-refractivity contribution in [1.82, 2.24) is 4.98 Å². The predicted octanol–water partition coefficient (Wildman–Crippen LogP) is 1.70. The van der Waals surface area contributed by atoms with Crippen molar-refractivity contribution in [2.75, 3.05) is 6.61 Å². The van der Waals surface area contributed by atoms with Crippen molar-refractivity contribution in [3.8, 4) is 5.75 Å².